The third-order valence-corrected chi connectivity index (χ3v) is 3.22. The normalized spacial score (nSPS) is 11.4. The summed E-state index contributed by atoms with van der Waals surface area (Å²) in [5.74, 6) is -0.226. The maximum atomic E-state index is 11.8. The molecule has 6 nitrogen and oxygen atoms in total. The van der Waals surface area contributed by atoms with Gasteiger partial charge in [0, 0.05) is 18.3 Å². The summed E-state index contributed by atoms with van der Waals surface area (Å²) in [4.78, 5) is 15.8. The molecule has 0 saturated heterocycles. The van der Waals surface area contributed by atoms with Crippen molar-refractivity contribution in [3.8, 4) is 0 Å². The van der Waals surface area contributed by atoms with E-state index < -0.39 is 0 Å². The highest BCUT2D eigenvalue weighted by Crippen LogP contribution is 2.04. The monoisotopic (exact) mass is 292 g/mol. The van der Waals surface area contributed by atoms with Gasteiger partial charge in [0.1, 0.15) is 5.69 Å². The van der Waals surface area contributed by atoms with Crippen molar-refractivity contribution in [1.82, 2.24) is 10.3 Å². The molecule has 0 aliphatic heterocycles. The molecule has 1 aromatic rings. The van der Waals surface area contributed by atoms with Crippen LogP contribution in [-0.2, 0) is 0 Å². The van der Waals surface area contributed by atoms with E-state index in [4.69, 9.17) is 10.9 Å². The van der Waals surface area contributed by atoms with Crippen LogP contribution in [0.5, 0.6) is 0 Å². The van der Waals surface area contributed by atoms with Crippen LogP contribution in [-0.4, -0.2) is 28.5 Å². The van der Waals surface area contributed by atoms with Crippen LogP contribution in [0.2, 0.25) is 0 Å². The Bertz CT molecular complexity index is 457. The molecule has 1 rings (SSSR count). The number of aromatic nitrogens is 1. The lowest BCUT2D eigenvalue weighted by molar-refractivity contribution is 0.0948. The quantitative estimate of drug-likeness (QED) is 0.214. The first-order valence-electron chi connectivity index (χ1n) is 7.41. The Balaban J connectivity index is 2.29. The number of rotatable bonds is 9. The van der Waals surface area contributed by atoms with Crippen LogP contribution in [0.4, 0.5) is 0 Å². The lowest BCUT2D eigenvalue weighted by atomic mass is 10.1. The highest BCUT2D eigenvalue weighted by Gasteiger charge is 2.07. The van der Waals surface area contributed by atoms with Crippen molar-refractivity contribution < 1.29 is 10.0 Å². The predicted octanol–water partition coefficient (Wildman–Crippen LogP) is 2.27. The Hall–Kier alpha value is -2.11. The van der Waals surface area contributed by atoms with Crippen molar-refractivity contribution in [2.75, 3.05) is 6.54 Å². The topological polar surface area (TPSA) is 101 Å². The molecule has 0 aliphatic carbocycles. The van der Waals surface area contributed by atoms with Crippen molar-refractivity contribution in [3.63, 3.8) is 0 Å². The molecule has 0 bridgehead atoms. The Morgan fingerprint density at radius 2 is 2.00 bits per heavy atom. The van der Waals surface area contributed by atoms with Crippen LogP contribution in [0.25, 0.3) is 0 Å². The Morgan fingerprint density at radius 1 is 1.29 bits per heavy atom. The van der Waals surface area contributed by atoms with Crippen molar-refractivity contribution in [2.24, 2.45) is 10.9 Å². The van der Waals surface area contributed by atoms with Gasteiger partial charge in [-0.15, -0.1) is 0 Å². The molecular weight excluding hydrogens is 268 g/mol. The molecule has 1 amide bonds. The molecule has 116 valence electrons. The van der Waals surface area contributed by atoms with E-state index in [0.717, 1.165) is 12.8 Å². The third-order valence-electron chi connectivity index (χ3n) is 3.22. The minimum atomic E-state index is -0.199. The fourth-order valence-corrected chi connectivity index (χ4v) is 1.94. The summed E-state index contributed by atoms with van der Waals surface area (Å²) in [6, 6.07) is 3.16. The summed E-state index contributed by atoms with van der Waals surface area (Å²) in [5.41, 5.74) is 6.23. The lowest BCUT2D eigenvalue weighted by Crippen LogP contribution is -2.25. The maximum absolute atomic E-state index is 11.8. The summed E-state index contributed by atoms with van der Waals surface area (Å²) in [6.07, 6.45) is 8.53. The minimum absolute atomic E-state index is 0.0264. The summed E-state index contributed by atoms with van der Waals surface area (Å²) in [7, 11) is 0. The number of nitrogens with one attached hydrogen (secondary N) is 1. The van der Waals surface area contributed by atoms with Gasteiger partial charge in [-0.05, 0) is 18.6 Å². The first kappa shape index (κ1) is 16.9. The number of amides is 1. The number of unbranched alkanes of at least 4 members (excludes halogenated alkanes) is 5. The molecule has 0 radical (unpaired) electrons. The van der Waals surface area contributed by atoms with E-state index in [9.17, 15) is 4.79 Å². The number of hydrogen-bond acceptors (Lipinski definition) is 4. The molecule has 0 aromatic carbocycles. The molecule has 0 spiro atoms. The first-order valence-corrected chi connectivity index (χ1v) is 7.41. The van der Waals surface area contributed by atoms with Crippen LogP contribution < -0.4 is 11.1 Å². The summed E-state index contributed by atoms with van der Waals surface area (Å²) in [5, 5.41) is 14.3. The average molecular weight is 292 g/mol. The lowest BCUT2D eigenvalue weighted by Gasteiger charge is -2.05. The van der Waals surface area contributed by atoms with Gasteiger partial charge in [0.15, 0.2) is 5.84 Å². The molecule has 4 N–H and O–H groups in total. The molecule has 21 heavy (non-hydrogen) atoms. The van der Waals surface area contributed by atoms with E-state index in [1.54, 1.807) is 12.1 Å². The van der Waals surface area contributed by atoms with Crippen molar-refractivity contribution >= 4 is 11.7 Å². The molecule has 0 fully saturated rings. The number of carbonyl (C=O) groups is 1. The van der Waals surface area contributed by atoms with Gasteiger partial charge in [-0.1, -0.05) is 44.2 Å². The van der Waals surface area contributed by atoms with Crippen molar-refractivity contribution in [3.05, 3.63) is 29.6 Å². The van der Waals surface area contributed by atoms with Crippen LogP contribution in [0.1, 0.15) is 61.5 Å². The van der Waals surface area contributed by atoms with E-state index in [1.165, 1.54) is 31.9 Å². The molecule has 0 saturated carbocycles. The summed E-state index contributed by atoms with van der Waals surface area (Å²) >= 11 is 0. The van der Waals surface area contributed by atoms with Gasteiger partial charge in [0.25, 0.3) is 5.91 Å². The number of carbonyl (C=O) groups excluding carboxylic acids is 1. The number of oxime groups is 1. The van der Waals surface area contributed by atoms with Crippen molar-refractivity contribution in [2.45, 2.75) is 45.4 Å². The fraction of sp³-hybridized carbons (Fsp3) is 0.533. The largest absolute Gasteiger partial charge is 0.409 e. The van der Waals surface area contributed by atoms with Crippen LogP contribution >= 0.6 is 0 Å². The first-order chi connectivity index (χ1) is 10.2. The van der Waals surface area contributed by atoms with Gasteiger partial charge in [0.05, 0.1) is 0 Å². The van der Waals surface area contributed by atoms with Crippen LogP contribution in [0.3, 0.4) is 0 Å². The number of nitrogens with zero attached hydrogens (tertiary/aromatic N) is 2. The van der Waals surface area contributed by atoms with E-state index in [-0.39, 0.29) is 11.7 Å². The van der Waals surface area contributed by atoms with E-state index in [2.05, 4.69) is 22.4 Å². The van der Waals surface area contributed by atoms with Gasteiger partial charge in [0.2, 0.25) is 0 Å². The molecule has 1 aromatic heterocycles. The smallest absolute Gasteiger partial charge is 0.269 e. The van der Waals surface area contributed by atoms with E-state index in [1.807, 2.05) is 0 Å². The number of nitrogens with two attached hydrogens (primary N) is 1. The van der Waals surface area contributed by atoms with Crippen molar-refractivity contribution in [1.29, 1.82) is 0 Å². The Kier molecular flexibility index (Phi) is 7.86. The third kappa shape index (κ3) is 6.25. The Labute approximate surface area is 125 Å². The molecule has 0 unspecified atom stereocenters. The van der Waals surface area contributed by atoms with Gasteiger partial charge >= 0.3 is 0 Å². The van der Waals surface area contributed by atoms with Crippen LogP contribution in [0, 0.1) is 0 Å². The average Bonchev–Trinajstić information content (AvgIpc) is 2.53. The molecular formula is C15H24N4O2. The molecule has 1 heterocycles. The van der Waals surface area contributed by atoms with E-state index >= 15 is 0 Å². The highest BCUT2D eigenvalue weighted by atomic mass is 16.4. The Morgan fingerprint density at radius 3 is 2.62 bits per heavy atom. The van der Waals surface area contributed by atoms with Gasteiger partial charge in [-0.25, -0.2) is 0 Å². The second-order valence-electron chi connectivity index (χ2n) is 4.94. The zero-order valence-corrected chi connectivity index (χ0v) is 12.5. The predicted molar refractivity (Wildman–Crippen MR) is 82.5 cm³/mol. The second kappa shape index (κ2) is 9.74. The molecule has 0 atom stereocenters. The zero-order valence-electron chi connectivity index (χ0n) is 12.5. The minimum Gasteiger partial charge on any atom is -0.409 e. The molecule has 0 aliphatic rings. The maximum Gasteiger partial charge on any atom is 0.269 e. The zero-order chi connectivity index (χ0) is 15.5. The van der Waals surface area contributed by atoms with Crippen LogP contribution in [0.15, 0.2) is 23.5 Å². The standard InChI is InChI=1S/C15H24N4O2/c1-2-3-4-5-6-7-10-17-15(20)13-9-8-12(11-18-13)14(16)19-21/h8-9,11,21H,2-7,10H2,1H3,(H2,16,19)(H,17,20). The number of pyridine rings is 1. The highest BCUT2D eigenvalue weighted by molar-refractivity contribution is 5.98. The fourth-order valence-electron chi connectivity index (χ4n) is 1.94. The summed E-state index contributed by atoms with van der Waals surface area (Å²) < 4.78 is 0. The van der Waals surface area contributed by atoms with Gasteiger partial charge in [-0.3, -0.25) is 9.78 Å². The van der Waals surface area contributed by atoms with E-state index in [0.29, 0.717) is 17.8 Å². The molecule has 6 heteroatoms. The van der Waals surface area contributed by atoms with Gasteiger partial charge < -0.3 is 16.3 Å². The van der Waals surface area contributed by atoms with Gasteiger partial charge in [-0.2, -0.15) is 0 Å². The number of hydrogen-bond donors (Lipinski definition) is 3. The summed E-state index contributed by atoms with van der Waals surface area (Å²) in [6.45, 7) is 2.85. The SMILES string of the molecule is CCCCCCCCNC(=O)c1ccc(/C(N)=N/O)cn1. The number of amidine groups is 1. The second-order valence-corrected chi connectivity index (χ2v) is 4.94.